The van der Waals surface area contributed by atoms with Gasteiger partial charge >= 0.3 is 0 Å². The van der Waals surface area contributed by atoms with Gasteiger partial charge in [0.1, 0.15) is 0 Å². The molecule has 1 aromatic rings. The number of anilines is 1. The van der Waals surface area contributed by atoms with Gasteiger partial charge in [-0.2, -0.15) is 0 Å². The van der Waals surface area contributed by atoms with Crippen molar-refractivity contribution in [3.8, 4) is 0 Å². The summed E-state index contributed by atoms with van der Waals surface area (Å²) < 4.78 is 0. The first-order valence-corrected chi connectivity index (χ1v) is 7.88. The Bertz CT molecular complexity index is 541. The van der Waals surface area contributed by atoms with Crippen LogP contribution in [0.1, 0.15) is 31.2 Å². The van der Waals surface area contributed by atoms with E-state index in [1.54, 1.807) is 0 Å². The van der Waals surface area contributed by atoms with Gasteiger partial charge in [0.15, 0.2) is 5.96 Å². The van der Waals surface area contributed by atoms with Crippen LogP contribution in [-0.2, 0) is 6.42 Å². The van der Waals surface area contributed by atoms with Crippen molar-refractivity contribution in [3.63, 3.8) is 0 Å². The van der Waals surface area contributed by atoms with Crippen LogP contribution in [0.3, 0.4) is 0 Å². The van der Waals surface area contributed by atoms with Crippen LogP contribution in [0.2, 0.25) is 0 Å². The number of hydrogen-bond acceptors (Lipinski definition) is 1. The van der Waals surface area contributed by atoms with Crippen LogP contribution in [0.4, 0.5) is 5.69 Å². The van der Waals surface area contributed by atoms with E-state index in [2.05, 4.69) is 39.5 Å². The van der Waals surface area contributed by atoms with Gasteiger partial charge in [-0.3, -0.25) is 4.99 Å². The molecule has 1 aliphatic heterocycles. The van der Waals surface area contributed by atoms with E-state index in [4.69, 9.17) is 0 Å². The topological polar surface area (TPSA) is 27.6 Å². The van der Waals surface area contributed by atoms with Crippen LogP contribution in [0.15, 0.2) is 29.3 Å². The zero-order valence-electron chi connectivity index (χ0n) is 12.2. The molecule has 3 nitrogen and oxygen atoms in total. The van der Waals surface area contributed by atoms with Crippen LogP contribution >= 0.6 is 0 Å². The fourth-order valence-electron chi connectivity index (χ4n) is 3.69. The lowest BCUT2D eigenvalue weighted by Gasteiger charge is -2.24. The Labute approximate surface area is 121 Å². The standard InChI is InChI=1S/C17H23N3/c1-18-16(19-12-17(9-10-17)14-6-7-14)20-11-8-13-4-2-3-5-15(13)20/h2-5,14H,6-12H2,1H3,(H,18,19). The van der Waals surface area contributed by atoms with Crippen LogP contribution in [0, 0.1) is 11.3 Å². The molecule has 2 saturated carbocycles. The summed E-state index contributed by atoms with van der Waals surface area (Å²) in [4.78, 5) is 6.86. The van der Waals surface area contributed by atoms with E-state index in [0.29, 0.717) is 5.41 Å². The summed E-state index contributed by atoms with van der Waals surface area (Å²) in [6.45, 7) is 2.17. The molecule has 3 heteroatoms. The Morgan fingerprint density at radius 2 is 2.15 bits per heavy atom. The zero-order valence-corrected chi connectivity index (χ0v) is 12.2. The molecule has 0 aromatic heterocycles. The Hall–Kier alpha value is -1.51. The SMILES string of the molecule is CN=C(NCC1(C2CC2)CC1)N1CCc2ccccc21. The Balaban J connectivity index is 1.47. The maximum Gasteiger partial charge on any atom is 0.198 e. The lowest BCUT2D eigenvalue weighted by atomic mass is 10.0. The molecule has 106 valence electrons. The molecule has 2 fully saturated rings. The van der Waals surface area contributed by atoms with Crippen LogP contribution in [0.5, 0.6) is 0 Å². The number of hydrogen-bond donors (Lipinski definition) is 1. The smallest absolute Gasteiger partial charge is 0.198 e. The van der Waals surface area contributed by atoms with Gasteiger partial charge in [0.05, 0.1) is 0 Å². The highest BCUT2D eigenvalue weighted by Crippen LogP contribution is 2.60. The lowest BCUT2D eigenvalue weighted by molar-refractivity contribution is 0.432. The minimum atomic E-state index is 0.620. The number of nitrogens with zero attached hydrogens (tertiary/aromatic N) is 2. The van der Waals surface area contributed by atoms with Crippen molar-refractivity contribution in [3.05, 3.63) is 29.8 Å². The van der Waals surface area contributed by atoms with E-state index in [1.165, 1.54) is 36.9 Å². The molecule has 0 amide bonds. The molecular formula is C17H23N3. The van der Waals surface area contributed by atoms with Crippen molar-refractivity contribution in [2.75, 3.05) is 25.0 Å². The third-order valence-corrected chi connectivity index (χ3v) is 5.29. The van der Waals surface area contributed by atoms with Gasteiger partial charge in [0, 0.05) is 25.8 Å². The maximum atomic E-state index is 4.51. The zero-order chi connectivity index (χ0) is 13.6. The van der Waals surface area contributed by atoms with Gasteiger partial charge in [-0.15, -0.1) is 0 Å². The molecule has 0 unspecified atom stereocenters. The number of rotatable bonds is 3. The molecule has 4 rings (SSSR count). The van der Waals surface area contributed by atoms with Gasteiger partial charge in [-0.1, -0.05) is 18.2 Å². The monoisotopic (exact) mass is 269 g/mol. The quantitative estimate of drug-likeness (QED) is 0.675. The van der Waals surface area contributed by atoms with Crippen molar-refractivity contribution in [2.24, 2.45) is 16.3 Å². The molecule has 0 radical (unpaired) electrons. The van der Waals surface area contributed by atoms with E-state index in [9.17, 15) is 0 Å². The van der Waals surface area contributed by atoms with Gasteiger partial charge < -0.3 is 10.2 Å². The second-order valence-electron chi connectivity index (χ2n) is 6.57. The number of fused-ring (bicyclic) bond motifs is 1. The molecule has 1 heterocycles. The van der Waals surface area contributed by atoms with Crippen molar-refractivity contribution in [1.29, 1.82) is 0 Å². The van der Waals surface area contributed by atoms with Gasteiger partial charge in [0.25, 0.3) is 0 Å². The first kappa shape index (κ1) is 12.2. The van der Waals surface area contributed by atoms with Gasteiger partial charge in [-0.05, 0) is 55.1 Å². The van der Waals surface area contributed by atoms with Crippen molar-refractivity contribution >= 4 is 11.6 Å². The van der Waals surface area contributed by atoms with E-state index in [1.807, 2.05) is 7.05 Å². The Morgan fingerprint density at radius 1 is 1.35 bits per heavy atom. The Kier molecular flexibility index (Phi) is 2.76. The molecule has 3 aliphatic rings. The first-order chi connectivity index (χ1) is 9.82. The number of guanidine groups is 1. The maximum absolute atomic E-state index is 4.51. The first-order valence-electron chi connectivity index (χ1n) is 7.88. The predicted molar refractivity (Wildman–Crippen MR) is 83.2 cm³/mol. The highest BCUT2D eigenvalue weighted by Gasteiger charge is 2.53. The highest BCUT2D eigenvalue weighted by atomic mass is 15.3. The van der Waals surface area contributed by atoms with E-state index in [-0.39, 0.29) is 0 Å². The summed E-state index contributed by atoms with van der Waals surface area (Å²) >= 11 is 0. The summed E-state index contributed by atoms with van der Waals surface area (Å²) in [5.74, 6) is 2.06. The number of para-hydroxylation sites is 1. The molecule has 0 spiro atoms. The third kappa shape index (κ3) is 2.00. The van der Waals surface area contributed by atoms with Crippen LogP contribution < -0.4 is 10.2 Å². The summed E-state index contributed by atoms with van der Waals surface area (Å²) in [5, 5.41) is 3.65. The molecular weight excluding hydrogens is 246 g/mol. The van der Waals surface area contributed by atoms with Gasteiger partial charge in [0.2, 0.25) is 0 Å². The number of benzene rings is 1. The summed E-state index contributed by atoms with van der Waals surface area (Å²) in [7, 11) is 1.90. The fraction of sp³-hybridized carbons (Fsp3) is 0.588. The fourth-order valence-corrected chi connectivity index (χ4v) is 3.69. The molecule has 1 aromatic carbocycles. The summed E-state index contributed by atoms with van der Waals surface area (Å²) in [5.41, 5.74) is 3.39. The molecule has 0 atom stereocenters. The van der Waals surface area contributed by atoms with Crippen LogP contribution in [-0.4, -0.2) is 26.1 Å². The predicted octanol–water partition coefficient (Wildman–Crippen LogP) is 2.81. The summed E-state index contributed by atoms with van der Waals surface area (Å²) in [6.07, 6.45) is 6.86. The molecule has 0 saturated heterocycles. The van der Waals surface area contributed by atoms with E-state index >= 15 is 0 Å². The molecule has 0 bridgehead atoms. The van der Waals surface area contributed by atoms with Crippen molar-refractivity contribution in [2.45, 2.75) is 32.1 Å². The minimum absolute atomic E-state index is 0.620. The van der Waals surface area contributed by atoms with Crippen LogP contribution in [0.25, 0.3) is 0 Å². The van der Waals surface area contributed by atoms with Gasteiger partial charge in [-0.25, -0.2) is 0 Å². The van der Waals surface area contributed by atoms with Crippen molar-refractivity contribution in [1.82, 2.24) is 5.32 Å². The largest absolute Gasteiger partial charge is 0.355 e. The third-order valence-electron chi connectivity index (χ3n) is 5.29. The Morgan fingerprint density at radius 3 is 2.85 bits per heavy atom. The molecule has 2 aliphatic carbocycles. The second kappa shape index (κ2) is 4.51. The molecule has 1 N–H and O–H groups in total. The van der Waals surface area contributed by atoms with E-state index in [0.717, 1.165) is 31.4 Å². The van der Waals surface area contributed by atoms with Crippen molar-refractivity contribution < 1.29 is 0 Å². The highest BCUT2D eigenvalue weighted by molar-refractivity contribution is 5.97. The minimum Gasteiger partial charge on any atom is -0.355 e. The van der Waals surface area contributed by atoms with E-state index < -0.39 is 0 Å². The average Bonchev–Trinajstić information content (AvgIpc) is 3.37. The lowest BCUT2D eigenvalue weighted by Crippen LogP contribution is -2.43. The average molecular weight is 269 g/mol. The summed E-state index contributed by atoms with van der Waals surface area (Å²) in [6, 6.07) is 8.69. The normalized spacial score (nSPS) is 23.6. The second-order valence-corrected chi connectivity index (χ2v) is 6.57. The molecule has 20 heavy (non-hydrogen) atoms. The number of nitrogens with one attached hydrogen (secondary N) is 1. The number of aliphatic imine (C=N–C) groups is 1.